The molecular formula is C7H5IN2S. The van der Waals surface area contributed by atoms with E-state index >= 15 is 0 Å². The van der Waals surface area contributed by atoms with E-state index in [2.05, 4.69) is 37.4 Å². The molecule has 0 saturated heterocycles. The normalized spacial score (nSPS) is 8.45. The van der Waals surface area contributed by atoms with Crippen LogP contribution >= 0.6 is 30.1 Å². The number of rotatable bonds is 0. The molecule has 0 aromatic carbocycles. The summed E-state index contributed by atoms with van der Waals surface area (Å²) in [5, 5.41) is 2.85. The van der Waals surface area contributed by atoms with Crippen molar-refractivity contribution in [3.05, 3.63) is 24.0 Å². The summed E-state index contributed by atoms with van der Waals surface area (Å²) in [6, 6.07) is 1.80. The van der Waals surface area contributed by atoms with Crippen LogP contribution in [0, 0.1) is 11.2 Å². The van der Waals surface area contributed by atoms with E-state index in [0.29, 0.717) is 5.69 Å². The standard InChI is InChI=1S/C7H5IN2S/c8-11-2-1-6-3-7(9)5-10-4-6/h3-5H,9H2. The highest BCUT2D eigenvalue weighted by molar-refractivity contribution is 14.2. The van der Waals surface area contributed by atoms with Crippen LogP contribution in [-0.2, 0) is 0 Å². The third kappa shape index (κ3) is 2.99. The number of halogens is 1. The fourth-order valence-electron chi connectivity index (χ4n) is 0.604. The second-order valence-corrected chi connectivity index (χ2v) is 3.49. The maximum Gasteiger partial charge on any atom is 0.0513 e. The summed E-state index contributed by atoms with van der Waals surface area (Å²) in [5.74, 6) is 2.90. The Kier molecular flexibility index (Phi) is 3.52. The van der Waals surface area contributed by atoms with Crippen LogP contribution in [0.1, 0.15) is 5.56 Å². The zero-order valence-electron chi connectivity index (χ0n) is 5.54. The van der Waals surface area contributed by atoms with Gasteiger partial charge in [0, 0.05) is 39.2 Å². The molecule has 2 N–H and O–H groups in total. The van der Waals surface area contributed by atoms with Gasteiger partial charge >= 0.3 is 0 Å². The second-order valence-electron chi connectivity index (χ2n) is 1.81. The van der Waals surface area contributed by atoms with E-state index < -0.39 is 0 Å². The molecule has 0 unspecified atom stereocenters. The Hall–Kier alpha value is -0.410. The van der Waals surface area contributed by atoms with Crippen molar-refractivity contribution >= 4 is 35.8 Å². The molecule has 0 amide bonds. The van der Waals surface area contributed by atoms with Gasteiger partial charge in [0.25, 0.3) is 0 Å². The Balaban J connectivity index is 2.87. The van der Waals surface area contributed by atoms with Crippen molar-refractivity contribution in [1.29, 1.82) is 0 Å². The largest absolute Gasteiger partial charge is 0.397 e. The predicted octanol–water partition coefficient (Wildman–Crippen LogP) is 2.06. The van der Waals surface area contributed by atoms with Crippen molar-refractivity contribution < 1.29 is 0 Å². The lowest BCUT2D eigenvalue weighted by molar-refractivity contribution is 1.32. The van der Waals surface area contributed by atoms with Crippen LogP contribution in [0.5, 0.6) is 0 Å². The van der Waals surface area contributed by atoms with Gasteiger partial charge in [-0.15, -0.1) is 0 Å². The van der Waals surface area contributed by atoms with Crippen LogP contribution in [0.15, 0.2) is 18.5 Å². The summed E-state index contributed by atoms with van der Waals surface area (Å²) in [5.41, 5.74) is 7.00. The van der Waals surface area contributed by atoms with E-state index in [1.165, 1.54) is 8.93 Å². The zero-order valence-corrected chi connectivity index (χ0v) is 8.52. The average molecular weight is 276 g/mol. The summed E-state index contributed by atoms with van der Waals surface area (Å²) < 4.78 is 0. The van der Waals surface area contributed by atoms with Gasteiger partial charge in [-0.1, -0.05) is 5.92 Å². The van der Waals surface area contributed by atoms with Crippen LogP contribution in [0.25, 0.3) is 0 Å². The fraction of sp³-hybridized carbons (Fsp3) is 0. The monoisotopic (exact) mass is 276 g/mol. The third-order valence-corrected chi connectivity index (χ3v) is 1.83. The van der Waals surface area contributed by atoms with Gasteiger partial charge in [0.15, 0.2) is 0 Å². The lowest BCUT2D eigenvalue weighted by Crippen LogP contribution is -1.86. The molecule has 0 bridgehead atoms. The molecule has 1 rings (SSSR count). The average Bonchev–Trinajstić information content (AvgIpc) is 2.01. The van der Waals surface area contributed by atoms with Gasteiger partial charge in [-0.2, -0.15) is 0 Å². The molecule has 1 aromatic heterocycles. The van der Waals surface area contributed by atoms with Crippen LogP contribution in [0.2, 0.25) is 0 Å². The van der Waals surface area contributed by atoms with E-state index in [0.717, 1.165) is 5.56 Å². The summed E-state index contributed by atoms with van der Waals surface area (Å²) in [6.07, 6.45) is 3.29. The van der Waals surface area contributed by atoms with Crippen LogP contribution in [-0.4, -0.2) is 4.98 Å². The van der Waals surface area contributed by atoms with Gasteiger partial charge < -0.3 is 5.73 Å². The quantitative estimate of drug-likeness (QED) is 0.582. The predicted molar refractivity (Wildman–Crippen MR) is 57.1 cm³/mol. The Labute approximate surface area is 81.6 Å². The van der Waals surface area contributed by atoms with Crippen molar-refractivity contribution in [2.24, 2.45) is 0 Å². The highest BCUT2D eigenvalue weighted by atomic mass is 127. The first-order valence-corrected chi connectivity index (χ1v) is 6.18. The number of hydrogen-bond donors (Lipinski definition) is 1. The molecule has 0 radical (unpaired) electrons. The van der Waals surface area contributed by atoms with E-state index in [4.69, 9.17) is 5.73 Å². The molecule has 0 atom stereocenters. The first-order valence-electron chi connectivity index (χ1n) is 2.82. The molecule has 0 spiro atoms. The first-order chi connectivity index (χ1) is 5.33. The van der Waals surface area contributed by atoms with E-state index in [9.17, 15) is 0 Å². The lowest BCUT2D eigenvalue weighted by Gasteiger charge is -1.90. The molecule has 0 fully saturated rings. The topological polar surface area (TPSA) is 38.9 Å². The van der Waals surface area contributed by atoms with Gasteiger partial charge in [0.1, 0.15) is 0 Å². The molecule has 56 valence electrons. The Morgan fingerprint density at radius 3 is 3.00 bits per heavy atom. The summed E-state index contributed by atoms with van der Waals surface area (Å²) in [6.45, 7) is 0. The summed E-state index contributed by atoms with van der Waals surface area (Å²) in [4.78, 5) is 3.90. The molecule has 1 heterocycles. The van der Waals surface area contributed by atoms with Crippen molar-refractivity contribution in [2.45, 2.75) is 0 Å². The molecule has 0 aliphatic heterocycles. The van der Waals surface area contributed by atoms with Gasteiger partial charge in [0.05, 0.1) is 5.69 Å². The Morgan fingerprint density at radius 2 is 2.36 bits per heavy atom. The number of pyridine rings is 1. The number of anilines is 1. The lowest BCUT2D eigenvalue weighted by atomic mass is 10.3. The molecule has 0 aliphatic carbocycles. The minimum atomic E-state index is 0.648. The molecule has 1 aromatic rings. The maximum atomic E-state index is 5.49. The number of nitrogen functional groups attached to an aromatic ring is 1. The van der Waals surface area contributed by atoms with Gasteiger partial charge in [0.2, 0.25) is 0 Å². The summed E-state index contributed by atoms with van der Waals surface area (Å²) in [7, 11) is 1.44. The second kappa shape index (κ2) is 4.46. The van der Waals surface area contributed by atoms with E-state index in [1.807, 2.05) is 0 Å². The van der Waals surface area contributed by atoms with Gasteiger partial charge in [-0.25, -0.2) is 0 Å². The molecule has 0 aliphatic rings. The Bertz CT molecular complexity index is 303. The maximum absolute atomic E-state index is 5.49. The number of aromatic nitrogens is 1. The minimum Gasteiger partial charge on any atom is -0.397 e. The SMILES string of the molecule is Nc1cncc(C#CSI)c1. The number of hydrogen-bond acceptors (Lipinski definition) is 3. The van der Waals surface area contributed by atoms with Crippen molar-refractivity contribution in [2.75, 3.05) is 5.73 Å². The van der Waals surface area contributed by atoms with Crippen LogP contribution in [0.3, 0.4) is 0 Å². The number of nitrogens with zero attached hydrogens (tertiary/aromatic N) is 1. The molecule has 0 saturated carbocycles. The van der Waals surface area contributed by atoms with Gasteiger partial charge in [-0.05, 0) is 20.3 Å². The fourth-order valence-corrected chi connectivity index (χ4v) is 1.09. The molecule has 4 heteroatoms. The Morgan fingerprint density at radius 1 is 1.55 bits per heavy atom. The van der Waals surface area contributed by atoms with Gasteiger partial charge in [-0.3, -0.25) is 4.98 Å². The minimum absolute atomic E-state index is 0.648. The molecule has 2 nitrogen and oxygen atoms in total. The third-order valence-electron chi connectivity index (χ3n) is 0.993. The highest BCUT2D eigenvalue weighted by Gasteiger charge is 1.87. The zero-order chi connectivity index (χ0) is 8.10. The van der Waals surface area contributed by atoms with E-state index in [-0.39, 0.29) is 0 Å². The van der Waals surface area contributed by atoms with Crippen molar-refractivity contribution in [3.8, 4) is 11.2 Å². The van der Waals surface area contributed by atoms with Crippen LogP contribution in [0.4, 0.5) is 5.69 Å². The molecular weight excluding hydrogens is 271 g/mol. The molecule has 11 heavy (non-hydrogen) atoms. The van der Waals surface area contributed by atoms with Crippen molar-refractivity contribution in [3.63, 3.8) is 0 Å². The van der Waals surface area contributed by atoms with Crippen molar-refractivity contribution in [1.82, 2.24) is 4.98 Å². The number of nitrogens with two attached hydrogens (primary N) is 1. The summed E-state index contributed by atoms with van der Waals surface area (Å²) >= 11 is 2.11. The van der Waals surface area contributed by atoms with E-state index in [1.54, 1.807) is 18.5 Å². The highest BCUT2D eigenvalue weighted by Crippen LogP contribution is 2.08. The first kappa shape index (κ1) is 8.68. The van der Waals surface area contributed by atoms with Crippen LogP contribution < -0.4 is 5.73 Å². The smallest absolute Gasteiger partial charge is 0.0513 e.